The second-order valence-electron chi connectivity index (χ2n) is 4.95. The Hall–Kier alpha value is -2.79. The number of amides is 1. The molecule has 0 saturated heterocycles. The molecule has 6 heteroatoms. The third-order valence-electron chi connectivity index (χ3n) is 3.18. The topological polar surface area (TPSA) is 51.5 Å². The van der Waals surface area contributed by atoms with Gasteiger partial charge in [0.25, 0.3) is 5.91 Å². The standard InChI is InChI=1S/C18H13ClFNO3/c19-15-10-12(20)6-8-16(15)23-11-14-7-9-17(24-14)18(22)21-13-4-2-1-3-5-13/h1-10H,11H2,(H,21,22). The molecule has 0 aliphatic carbocycles. The molecule has 1 aromatic heterocycles. The number of anilines is 1. The van der Waals surface area contributed by atoms with Gasteiger partial charge in [-0.2, -0.15) is 0 Å². The summed E-state index contributed by atoms with van der Waals surface area (Å²) in [5.41, 5.74) is 0.676. The summed E-state index contributed by atoms with van der Waals surface area (Å²) in [6.07, 6.45) is 0. The van der Waals surface area contributed by atoms with E-state index in [-0.39, 0.29) is 23.3 Å². The Bertz CT molecular complexity index is 848. The predicted octanol–water partition coefficient (Wildman–Crippen LogP) is 4.90. The quantitative estimate of drug-likeness (QED) is 0.715. The molecule has 3 aromatic rings. The highest BCUT2D eigenvalue weighted by molar-refractivity contribution is 6.32. The Kier molecular flexibility index (Phi) is 4.82. The number of benzene rings is 2. The second kappa shape index (κ2) is 7.19. The minimum Gasteiger partial charge on any atom is -0.484 e. The molecule has 2 aromatic carbocycles. The largest absolute Gasteiger partial charge is 0.484 e. The lowest BCUT2D eigenvalue weighted by molar-refractivity contribution is 0.0992. The zero-order valence-electron chi connectivity index (χ0n) is 12.5. The fourth-order valence-corrected chi connectivity index (χ4v) is 2.25. The molecule has 4 nitrogen and oxygen atoms in total. The SMILES string of the molecule is O=C(Nc1ccccc1)c1ccc(COc2ccc(F)cc2Cl)o1. The van der Waals surface area contributed by atoms with Crippen LogP contribution < -0.4 is 10.1 Å². The number of halogens is 2. The van der Waals surface area contributed by atoms with E-state index in [4.69, 9.17) is 20.8 Å². The zero-order chi connectivity index (χ0) is 16.9. The average Bonchev–Trinajstić information content (AvgIpc) is 3.04. The highest BCUT2D eigenvalue weighted by Crippen LogP contribution is 2.26. The molecule has 0 atom stereocenters. The molecule has 1 N–H and O–H groups in total. The van der Waals surface area contributed by atoms with Crippen LogP contribution in [0.15, 0.2) is 65.1 Å². The van der Waals surface area contributed by atoms with Crippen LogP contribution in [0.5, 0.6) is 5.75 Å². The average molecular weight is 346 g/mol. The molecule has 1 amide bonds. The van der Waals surface area contributed by atoms with Gasteiger partial charge in [-0.05, 0) is 42.5 Å². The Labute approximate surface area is 142 Å². The van der Waals surface area contributed by atoms with Crippen LogP contribution in [0.4, 0.5) is 10.1 Å². The molecule has 24 heavy (non-hydrogen) atoms. The molecule has 0 saturated carbocycles. The number of ether oxygens (including phenoxy) is 1. The number of para-hydroxylation sites is 1. The highest BCUT2D eigenvalue weighted by Gasteiger charge is 2.12. The maximum Gasteiger partial charge on any atom is 0.291 e. The molecule has 1 heterocycles. The molecule has 0 bridgehead atoms. The van der Waals surface area contributed by atoms with Gasteiger partial charge in [-0.25, -0.2) is 4.39 Å². The fourth-order valence-electron chi connectivity index (χ4n) is 2.03. The summed E-state index contributed by atoms with van der Waals surface area (Å²) in [5, 5.41) is 2.89. The third kappa shape index (κ3) is 3.94. The van der Waals surface area contributed by atoms with E-state index in [1.807, 2.05) is 18.2 Å². The zero-order valence-corrected chi connectivity index (χ0v) is 13.2. The first-order valence-electron chi connectivity index (χ1n) is 7.15. The van der Waals surface area contributed by atoms with Crippen LogP contribution in [0, 0.1) is 5.82 Å². The van der Waals surface area contributed by atoms with E-state index in [0.29, 0.717) is 17.2 Å². The number of furan rings is 1. The van der Waals surface area contributed by atoms with Crippen molar-refractivity contribution in [3.8, 4) is 5.75 Å². The minimum absolute atomic E-state index is 0.0734. The van der Waals surface area contributed by atoms with Crippen LogP contribution in [-0.2, 0) is 6.61 Å². The third-order valence-corrected chi connectivity index (χ3v) is 3.48. The number of carbonyl (C=O) groups is 1. The molecule has 0 aliphatic rings. The minimum atomic E-state index is -0.440. The van der Waals surface area contributed by atoms with E-state index in [0.717, 1.165) is 6.07 Å². The molecule has 0 radical (unpaired) electrons. The van der Waals surface area contributed by atoms with Gasteiger partial charge in [0, 0.05) is 5.69 Å². The van der Waals surface area contributed by atoms with Crippen molar-refractivity contribution >= 4 is 23.2 Å². The lowest BCUT2D eigenvalue weighted by atomic mass is 10.3. The van der Waals surface area contributed by atoms with Crippen molar-refractivity contribution in [1.82, 2.24) is 0 Å². The van der Waals surface area contributed by atoms with E-state index in [2.05, 4.69) is 5.32 Å². The summed E-state index contributed by atoms with van der Waals surface area (Å²) < 4.78 is 23.9. The van der Waals surface area contributed by atoms with Gasteiger partial charge < -0.3 is 14.5 Å². The number of hydrogen-bond donors (Lipinski definition) is 1. The maximum absolute atomic E-state index is 13.0. The number of nitrogens with one attached hydrogen (secondary N) is 1. The lowest BCUT2D eigenvalue weighted by Gasteiger charge is -2.06. The molecular formula is C18H13ClFNO3. The van der Waals surface area contributed by atoms with Gasteiger partial charge in [-0.15, -0.1) is 0 Å². The Morgan fingerprint density at radius 1 is 1.12 bits per heavy atom. The molecule has 122 valence electrons. The summed E-state index contributed by atoms with van der Waals surface area (Å²) in [6.45, 7) is 0.0734. The van der Waals surface area contributed by atoms with E-state index in [1.54, 1.807) is 24.3 Å². The highest BCUT2D eigenvalue weighted by atomic mass is 35.5. The van der Waals surface area contributed by atoms with Crippen LogP contribution in [0.3, 0.4) is 0 Å². The number of carbonyl (C=O) groups excluding carboxylic acids is 1. The van der Waals surface area contributed by atoms with Crippen LogP contribution in [-0.4, -0.2) is 5.91 Å². The van der Waals surface area contributed by atoms with Crippen LogP contribution in [0.25, 0.3) is 0 Å². The van der Waals surface area contributed by atoms with Gasteiger partial charge in [-0.3, -0.25) is 4.79 Å². The number of hydrogen-bond acceptors (Lipinski definition) is 3. The van der Waals surface area contributed by atoms with Crippen molar-refractivity contribution in [3.05, 3.63) is 83.0 Å². The summed E-state index contributed by atoms with van der Waals surface area (Å²) >= 11 is 5.88. The van der Waals surface area contributed by atoms with Gasteiger partial charge >= 0.3 is 0 Å². The molecule has 0 spiro atoms. The lowest BCUT2D eigenvalue weighted by Crippen LogP contribution is -2.10. The van der Waals surface area contributed by atoms with E-state index in [9.17, 15) is 9.18 Å². The first-order valence-corrected chi connectivity index (χ1v) is 7.52. The van der Waals surface area contributed by atoms with E-state index >= 15 is 0 Å². The Morgan fingerprint density at radius 2 is 1.92 bits per heavy atom. The van der Waals surface area contributed by atoms with Gasteiger partial charge in [0.05, 0.1) is 5.02 Å². The van der Waals surface area contributed by atoms with Gasteiger partial charge in [0.2, 0.25) is 0 Å². The summed E-state index contributed by atoms with van der Waals surface area (Å²) in [6, 6.07) is 16.1. The van der Waals surface area contributed by atoms with Gasteiger partial charge in [-0.1, -0.05) is 29.8 Å². The van der Waals surface area contributed by atoms with Crippen molar-refractivity contribution in [2.24, 2.45) is 0 Å². The molecule has 0 fully saturated rings. The van der Waals surface area contributed by atoms with Crippen LogP contribution in [0.2, 0.25) is 5.02 Å². The van der Waals surface area contributed by atoms with E-state index in [1.165, 1.54) is 12.1 Å². The van der Waals surface area contributed by atoms with E-state index < -0.39 is 5.82 Å². The van der Waals surface area contributed by atoms with Crippen molar-refractivity contribution in [3.63, 3.8) is 0 Å². The first-order chi connectivity index (χ1) is 11.6. The van der Waals surface area contributed by atoms with Crippen molar-refractivity contribution in [1.29, 1.82) is 0 Å². The van der Waals surface area contributed by atoms with Crippen molar-refractivity contribution < 1.29 is 18.3 Å². The predicted molar refractivity (Wildman–Crippen MR) is 88.8 cm³/mol. The van der Waals surface area contributed by atoms with Gasteiger partial charge in [0.1, 0.15) is 23.9 Å². The van der Waals surface area contributed by atoms with Crippen LogP contribution in [0.1, 0.15) is 16.3 Å². The van der Waals surface area contributed by atoms with Gasteiger partial charge in [0.15, 0.2) is 5.76 Å². The summed E-state index contributed by atoms with van der Waals surface area (Å²) in [5.74, 6) is 0.165. The molecule has 0 aliphatic heterocycles. The molecule has 0 unspecified atom stereocenters. The summed E-state index contributed by atoms with van der Waals surface area (Å²) in [4.78, 5) is 12.1. The van der Waals surface area contributed by atoms with Crippen molar-refractivity contribution in [2.45, 2.75) is 6.61 Å². The molecular weight excluding hydrogens is 333 g/mol. The number of rotatable bonds is 5. The second-order valence-corrected chi connectivity index (χ2v) is 5.36. The van der Waals surface area contributed by atoms with Crippen molar-refractivity contribution in [2.75, 3.05) is 5.32 Å². The van der Waals surface area contributed by atoms with Crippen LogP contribution >= 0.6 is 11.6 Å². The first kappa shape index (κ1) is 16.1. The maximum atomic E-state index is 13.0. The smallest absolute Gasteiger partial charge is 0.291 e. The molecule has 3 rings (SSSR count). The monoisotopic (exact) mass is 345 g/mol. The normalized spacial score (nSPS) is 10.4. The Morgan fingerprint density at radius 3 is 2.67 bits per heavy atom. The Balaban J connectivity index is 1.62. The summed E-state index contributed by atoms with van der Waals surface area (Å²) in [7, 11) is 0. The fraction of sp³-hybridized carbons (Fsp3) is 0.0556.